The van der Waals surface area contributed by atoms with E-state index in [1.165, 1.54) is 0 Å². The second-order valence-corrected chi connectivity index (χ2v) is 6.68. The molecule has 8 heteroatoms. The number of carbonyl (C=O) groups is 1. The molecule has 0 fully saturated rings. The Kier molecular flexibility index (Phi) is 6.76. The highest BCUT2D eigenvalue weighted by molar-refractivity contribution is 5.78. The van der Waals surface area contributed by atoms with E-state index in [-0.39, 0.29) is 42.5 Å². The van der Waals surface area contributed by atoms with Gasteiger partial charge >= 0.3 is 6.18 Å². The SMILES string of the molecule is CC(C)Nc1nc(CC(C)NC(=O)Cc2ccccc2)ncc1C(F)(F)F. The molecule has 0 aliphatic heterocycles. The molecule has 1 atom stereocenters. The van der Waals surface area contributed by atoms with E-state index in [1.54, 1.807) is 20.8 Å². The van der Waals surface area contributed by atoms with Crippen LogP contribution in [0.2, 0.25) is 0 Å². The van der Waals surface area contributed by atoms with Crippen LogP contribution in [0.4, 0.5) is 19.0 Å². The number of rotatable bonds is 7. The zero-order valence-corrected chi connectivity index (χ0v) is 15.5. The van der Waals surface area contributed by atoms with Crippen LogP contribution in [0, 0.1) is 0 Å². The number of hydrogen-bond acceptors (Lipinski definition) is 4. The van der Waals surface area contributed by atoms with Crippen molar-refractivity contribution < 1.29 is 18.0 Å². The maximum atomic E-state index is 13.1. The van der Waals surface area contributed by atoms with E-state index in [0.29, 0.717) is 0 Å². The van der Waals surface area contributed by atoms with Crippen molar-refractivity contribution in [2.45, 2.75) is 51.9 Å². The summed E-state index contributed by atoms with van der Waals surface area (Å²) in [6.07, 6.45) is -3.29. The first kappa shape index (κ1) is 20.7. The second-order valence-electron chi connectivity index (χ2n) is 6.68. The van der Waals surface area contributed by atoms with Crippen LogP contribution >= 0.6 is 0 Å². The van der Waals surface area contributed by atoms with Crippen LogP contribution in [-0.4, -0.2) is 28.0 Å². The van der Waals surface area contributed by atoms with Gasteiger partial charge in [0.05, 0.1) is 6.42 Å². The quantitative estimate of drug-likeness (QED) is 0.770. The van der Waals surface area contributed by atoms with Crippen molar-refractivity contribution in [3.05, 3.63) is 53.5 Å². The van der Waals surface area contributed by atoms with Crippen LogP contribution in [0.3, 0.4) is 0 Å². The van der Waals surface area contributed by atoms with E-state index in [0.717, 1.165) is 11.8 Å². The third-order valence-electron chi connectivity index (χ3n) is 3.67. The van der Waals surface area contributed by atoms with Gasteiger partial charge < -0.3 is 10.6 Å². The molecule has 1 amide bonds. The number of hydrogen-bond donors (Lipinski definition) is 2. The van der Waals surface area contributed by atoms with Gasteiger partial charge in [-0.3, -0.25) is 4.79 Å². The van der Waals surface area contributed by atoms with Gasteiger partial charge in [0.25, 0.3) is 0 Å². The van der Waals surface area contributed by atoms with E-state index in [4.69, 9.17) is 0 Å². The molecule has 27 heavy (non-hydrogen) atoms. The molecule has 0 spiro atoms. The summed E-state index contributed by atoms with van der Waals surface area (Å²) in [5, 5.41) is 5.53. The van der Waals surface area contributed by atoms with Crippen molar-refractivity contribution in [2.24, 2.45) is 0 Å². The summed E-state index contributed by atoms with van der Waals surface area (Å²) in [6.45, 7) is 5.22. The Morgan fingerprint density at radius 1 is 1.15 bits per heavy atom. The highest BCUT2D eigenvalue weighted by Crippen LogP contribution is 2.33. The first-order chi connectivity index (χ1) is 12.6. The maximum Gasteiger partial charge on any atom is 0.421 e. The van der Waals surface area contributed by atoms with Crippen molar-refractivity contribution in [1.82, 2.24) is 15.3 Å². The van der Waals surface area contributed by atoms with Crippen LogP contribution in [-0.2, 0) is 23.8 Å². The summed E-state index contributed by atoms with van der Waals surface area (Å²) in [6, 6.07) is 8.76. The minimum absolute atomic E-state index is 0.166. The number of anilines is 1. The van der Waals surface area contributed by atoms with Gasteiger partial charge in [0.2, 0.25) is 5.91 Å². The minimum Gasteiger partial charge on any atom is -0.367 e. The molecule has 0 aliphatic rings. The number of nitrogens with zero attached hydrogens (tertiary/aromatic N) is 2. The number of alkyl halides is 3. The molecular formula is C19H23F3N4O. The van der Waals surface area contributed by atoms with Gasteiger partial charge in [-0.1, -0.05) is 30.3 Å². The molecule has 0 saturated heterocycles. The first-order valence-electron chi connectivity index (χ1n) is 8.68. The lowest BCUT2D eigenvalue weighted by molar-refractivity contribution is -0.137. The molecule has 0 bridgehead atoms. The molecule has 0 aliphatic carbocycles. The third-order valence-corrected chi connectivity index (χ3v) is 3.67. The van der Waals surface area contributed by atoms with Crippen molar-refractivity contribution in [2.75, 3.05) is 5.32 Å². The third kappa shape index (κ3) is 6.54. The molecule has 0 saturated carbocycles. The lowest BCUT2D eigenvalue weighted by Gasteiger charge is -2.18. The van der Waals surface area contributed by atoms with Crippen molar-refractivity contribution in [3.8, 4) is 0 Å². The summed E-state index contributed by atoms with van der Waals surface area (Å²) in [5.41, 5.74) is -0.0166. The topological polar surface area (TPSA) is 66.9 Å². The number of halogens is 3. The standard InChI is InChI=1S/C19H23F3N4O/c1-12(2)24-18-15(19(20,21)22)11-23-16(26-18)9-13(3)25-17(27)10-14-7-5-4-6-8-14/h4-8,11-13H,9-10H2,1-3H3,(H,25,27)(H,23,24,26). The molecule has 1 unspecified atom stereocenters. The lowest BCUT2D eigenvalue weighted by atomic mass is 10.1. The fourth-order valence-electron chi connectivity index (χ4n) is 2.54. The molecule has 2 N–H and O–H groups in total. The zero-order chi connectivity index (χ0) is 20.0. The summed E-state index contributed by atoms with van der Waals surface area (Å²) < 4.78 is 39.3. The Morgan fingerprint density at radius 3 is 2.41 bits per heavy atom. The van der Waals surface area contributed by atoms with Crippen LogP contribution < -0.4 is 10.6 Å². The van der Waals surface area contributed by atoms with Crippen LogP contribution in [0.25, 0.3) is 0 Å². The van der Waals surface area contributed by atoms with Gasteiger partial charge in [0.15, 0.2) is 0 Å². The molecule has 0 radical (unpaired) electrons. The molecule has 146 valence electrons. The molecule has 1 aromatic carbocycles. The van der Waals surface area contributed by atoms with E-state index in [1.807, 2.05) is 30.3 Å². The summed E-state index contributed by atoms with van der Waals surface area (Å²) >= 11 is 0. The Bertz CT molecular complexity index is 763. The zero-order valence-electron chi connectivity index (χ0n) is 15.5. The average molecular weight is 380 g/mol. The van der Waals surface area contributed by atoms with Crippen molar-refractivity contribution in [1.29, 1.82) is 0 Å². The number of nitrogens with one attached hydrogen (secondary N) is 2. The predicted octanol–water partition coefficient (Wildman–Crippen LogP) is 3.61. The monoisotopic (exact) mass is 380 g/mol. The van der Waals surface area contributed by atoms with Gasteiger partial charge in [-0.15, -0.1) is 0 Å². The van der Waals surface area contributed by atoms with Crippen molar-refractivity contribution >= 4 is 11.7 Å². The second kappa shape index (κ2) is 8.83. The molecule has 2 aromatic rings. The number of carbonyl (C=O) groups excluding carboxylic acids is 1. The summed E-state index contributed by atoms with van der Waals surface area (Å²) in [4.78, 5) is 19.9. The summed E-state index contributed by atoms with van der Waals surface area (Å²) in [7, 11) is 0. The molecule has 1 heterocycles. The van der Waals surface area contributed by atoms with Gasteiger partial charge in [0, 0.05) is 24.7 Å². The fraction of sp³-hybridized carbons (Fsp3) is 0.421. The normalized spacial score (nSPS) is 12.7. The summed E-state index contributed by atoms with van der Waals surface area (Å²) in [5.74, 6) is -0.176. The van der Waals surface area contributed by atoms with E-state index >= 15 is 0 Å². The Labute approximate surface area is 156 Å². The molecule has 1 aromatic heterocycles. The number of benzene rings is 1. The molecule has 2 rings (SSSR count). The van der Waals surface area contributed by atoms with Gasteiger partial charge in [0.1, 0.15) is 17.2 Å². The maximum absolute atomic E-state index is 13.1. The highest BCUT2D eigenvalue weighted by Gasteiger charge is 2.35. The Balaban J connectivity index is 2.04. The number of amides is 1. The fourth-order valence-corrected chi connectivity index (χ4v) is 2.54. The lowest BCUT2D eigenvalue weighted by Crippen LogP contribution is -2.35. The first-order valence-corrected chi connectivity index (χ1v) is 8.68. The largest absolute Gasteiger partial charge is 0.421 e. The van der Waals surface area contributed by atoms with E-state index in [9.17, 15) is 18.0 Å². The van der Waals surface area contributed by atoms with Crippen LogP contribution in [0.5, 0.6) is 0 Å². The van der Waals surface area contributed by atoms with Gasteiger partial charge in [-0.2, -0.15) is 13.2 Å². The van der Waals surface area contributed by atoms with Gasteiger partial charge in [-0.05, 0) is 26.3 Å². The molecule has 5 nitrogen and oxygen atoms in total. The highest BCUT2D eigenvalue weighted by atomic mass is 19.4. The average Bonchev–Trinajstić information content (AvgIpc) is 2.53. The van der Waals surface area contributed by atoms with Gasteiger partial charge in [-0.25, -0.2) is 9.97 Å². The van der Waals surface area contributed by atoms with E-state index < -0.39 is 11.7 Å². The van der Waals surface area contributed by atoms with Crippen LogP contribution in [0.15, 0.2) is 36.5 Å². The van der Waals surface area contributed by atoms with E-state index in [2.05, 4.69) is 20.6 Å². The smallest absolute Gasteiger partial charge is 0.367 e. The molecular weight excluding hydrogens is 357 g/mol. The van der Waals surface area contributed by atoms with Crippen LogP contribution in [0.1, 0.15) is 37.7 Å². The Morgan fingerprint density at radius 2 is 1.81 bits per heavy atom. The minimum atomic E-state index is -4.54. The predicted molar refractivity (Wildman–Crippen MR) is 97.2 cm³/mol. The van der Waals surface area contributed by atoms with Crippen molar-refractivity contribution in [3.63, 3.8) is 0 Å². The number of aromatic nitrogens is 2. The Hall–Kier alpha value is -2.64.